The Morgan fingerprint density at radius 3 is 2.75 bits per heavy atom. The first-order valence-electron chi connectivity index (χ1n) is 6.27. The maximum atomic E-state index is 12.2. The van der Waals surface area contributed by atoms with Crippen molar-refractivity contribution in [3.05, 3.63) is 59.4 Å². The van der Waals surface area contributed by atoms with Gasteiger partial charge in [0, 0.05) is 24.4 Å². The summed E-state index contributed by atoms with van der Waals surface area (Å²) >= 11 is 0. The summed E-state index contributed by atoms with van der Waals surface area (Å²) in [5, 5.41) is 0. The van der Waals surface area contributed by atoms with Crippen molar-refractivity contribution in [2.45, 2.75) is 26.0 Å². The van der Waals surface area contributed by atoms with E-state index in [-0.39, 0.29) is 11.8 Å². The van der Waals surface area contributed by atoms with Gasteiger partial charge >= 0.3 is 6.61 Å². The maximum Gasteiger partial charge on any atom is 0.387 e. The van der Waals surface area contributed by atoms with Gasteiger partial charge in [-0.25, -0.2) is 0 Å². The predicted molar refractivity (Wildman–Crippen MR) is 72.7 cm³/mol. The molecule has 1 atom stereocenters. The predicted octanol–water partition coefficient (Wildman–Crippen LogP) is 3.23. The fraction of sp³-hybridized carbons (Fsp3) is 0.267. The Bertz CT molecular complexity index is 575. The summed E-state index contributed by atoms with van der Waals surface area (Å²) < 4.78 is 28.8. The fourth-order valence-corrected chi connectivity index (χ4v) is 1.98. The molecule has 0 radical (unpaired) electrons. The van der Waals surface area contributed by atoms with E-state index in [9.17, 15) is 8.78 Å². The molecule has 0 fully saturated rings. The second-order valence-electron chi connectivity index (χ2n) is 4.53. The van der Waals surface area contributed by atoms with Crippen LogP contribution in [-0.4, -0.2) is 11.6 Å². The van der Waals surface area contributed by atoms with Crippen molar-refractivity contribution in [3.8, 4) is 5.75 Å². The third-order valence-electron chi connectivity index (χ3n) is 3.04. The molecule has 2 aromatic rings. The number of aromatic nitrogens is 1. The number of pyridine rings is 1. The van der Waals surface area contributed by atoms with Crippen LogP contribution in [0.15, 0.2) is 42.6 Å². The van der Waals surface area contributed by atoms with E-state index >= 15 is 0 Å². The molecule has 3 nitrogen and oxygen atoms in total. The second kappa shape index (κ2) is 6.43. The molecule has 0 bridgehead atoms. The average molecular weight is 278 g/mol. The van der Waals surface area contributed by atoms with E-state index < -0.39 is 6.61 Å². The summed E-state index contributed by atoms with van der Waals surface area (Å²) in [6.45, 7) is -0.870. The Hall–Kier alpha value is -2.01. The van der Waals surface area contributed by atoms with Gasteiger partial charge in [0.05, 0.1) is 0 Å². The minimum absolute atomic E-state index is 0.116. The van der Waals surface area contributed by atoms with Crippen LogP contribution in [-0.2, 0) is 6.42 Å². The van der Waals surface area contributed by atoms with Gasteiger partial charge in [-0.15, -0.1) is 0 Å². The number of hydrogen-bond donors (Lipinski definition) is 1. The molecule has 1 heterocycles. The lowest BCUT2D eigenvalue weighted by atomic mass is 10.0. The van der Waals surface area contributed by atoms with Gasteiger partial charge in [-0.2, -0.15) is 8.78 Å². The van der Waals surface area contributed by atoms with Crippen LogP contribution in [0.3, 0.4) is 0 Å². The van der Waals surface area contributed by atoms with E-state index in [4.69, 9.17) is 5.73 Å². The highest BCUT2D eigenvalue weighted by Crippen LogP contribution is 2.22. The molecule has 0 spiro atoms. The smallest absolute Gasteiger partial charge is 0.387 e. The number of rotatable bonds is 5. The molecular weight excluding hydrogens is 262 g/mol. The molecule has 0 aliphatic heterocycles. The Labute approximate surface area is 116 Å². The van der Waals surface area contributed by atoms with E-state index in [1.807, 2.05) is 19.1 Å². The first-order chi connectivity index (χ1) is 9.56. The molecule has 0 aliphatic carbocycles. The van der Waals surface area contributed by atoms with Gasteiger partial charge in [0.1, 0.15) is 5.75 Å². The van der Waals surface area contributed by atoms with Crippen molar-refractivity contribution < 1.29 is 13.5 Å². The first kappa shape index (κ1) is 14.4. The van der Waals surface area contributed by atoms with Gasteiger partial charge in [-0.05, 0) is 36.2 Å². The zero-order valence-electron chi connectivity index (χ0n) is 11.1. The molecule has 1 aromatic carbocycles. The van der Waals surface area contributed by atoms with Crippen LogP contribution >= 0.6 is 0 Å². The van der Waals surface area contributed by atoms with Crippen LogP contribution < -0.4 is 10.5 Å². The molecule has 1 aromatic heterocycles. The minimum Gasteiger partial charge on any atom is -0.435 e. The number of nitrogens with zero attached hydrogens (tertiary/aromatic N) is 1. The van der Waals surface area contributed by atoms with Gasteiger partial charge in [0.2, 0.25) is 0 Å². The molecule has 0 saturated heterocycles. The Balaban J connectivity index is 2.13. The lowest BCUT2D eigenvalue weighted by Crippen LogP contribution is -2.15. The lowest BCUT2D eigenvalue weighted by molar-refractivity contribution is -0.0499. The first-order valence-corrected chi connectivity index (χ1v) is 6.27. The van der Waals surface area contributed by atoms with Gasteiger partial charge in [0.25, 0.3) is 0 Å². The minimum atomic E-state index is -2.83. The van der Waals surface area contributed by atoms with Crippen molar-refractivity contribution in [2.24, 2.45) is 5.73 Å². The normalized spacial score (nSPS) is 12.4. The molecule has 0 aliphatic rings. The van der Waals surface area contributed by atoms with Gasteiger partial charge in [0.15, 0.2) is 0 Å². The number of hydrogen-bond acceptors (Lipinski definition) is 3. The van der Waals surface area contributed by atoms with E-state index in [2.05, 4.69) is 9.72 Å². The fourth-order valence-electron chi connectivity index (χ4n) is 1.98. The SMILES string of the molecule is Cc1cccnc1CC(N)c1cccc(OC(F)F)c1. The summed E-state index contributed by atoms with van der Waals surface area (Å²) in [5.41, 5.74) is 8.82. The molecule has 5 heteroatoms. The highest BCUT2D eigenvalue weighted by molar-refractivity contribution is 5.31. The Kier molecular flexibility index (Phi) is 4.63. The zero-order valence-corrected chi connectivity index (χ0v) is 11.1. The number of benzene rings is 1. The maximum absolute atomic E-state index is 12.2. The van der Waals surface area contributed by atoms with Crippen LogP contribution in [0.25, 0.3) is 0 Å². The highest BCUT2D eigenvalue weighted by atomic mass is 19.3. The standard InChI is InChI=1S/C15H16F2N2O/c1-10-4-3-7-19-14(10)9-13(18)11-5-2-6-12(8-11)20-15(16)17/h2-8,13,15H,9,18H2,1H3. The van der Waals surface area contributed by atoms with Crippen LogP contribution in [0.4, 0.5) is 8.78 Å². The Morgan fingerprint density at radius 1 is 1.25 bits per heavy atom. The van der Waals surface area contributed by atoms with Gasteiger partial charge in [-0.3, -0.25) is 4.98 Å². The summed E-state index contributed by atoms with van der Waals surface area (Å²) in [6.07, 6.45) is 2.26. The van der Waals surface area contributed by atoms with E-state index in [0.717, 1.165) is 16.8 Å². The summed E-state index contributed by atoms with van der Waals surface area (Å²) in [4.78, 5) is 4.28. The third-order valence-corrected chi connectivity index (χ3v) is 3.04. The molecule has 0 saturated carbocycles. The van der Waals surface area contributed by atoms with Crippen molar-refractivity contribution in [3.63, 3.8) is 0 Å². The third kappa shape index (κ3) is 3.74. The van der Waals surface area contributed by atoms with E-state index in [1.165, 1.54) is 12.1 Å². The van der Waals surface area contributed by atoms with Gasteiger partial charge in [-0.1, -0.05) is 18.2 Å². The molecule has 2 rings (SSSR count). The second-order valence-corrected chi connectivity index (χ2v) is 4.53. The van der Waals surface area contributed by atoms with Crippen molar-refractivity contribution in [1.29, 1.82) is 0 Å². The molecule has 2 N–H and O–H groups in total. The number of nitrogens with two attached hydrogens (primary N) is 1. The van der Waals surface area contributed by atoms with Crippen LogP contribution in [0.2, 0.25) is 0 Å². The van der Waals surface area contributed by atoms with Crippen LogP contribution in [0.5, 0.6) is 5.75 Å². The summed E-state index contributed by atoms with van der Waals surface area (Å²) in [7, 11) is 0. The topological polar surface area (TPSA) is 48.1 Å². The molecule has 1 unspecified atom stereocenters. The monoisotopic (exact) mass is 278 g/mol. The highest BCUT2D eigenvalue weighted by Gasteiger charge is 2.12. The zero-order chi connectivity index (χ0) is 14.5. The van der Waals surface area contributed by atoms with Crippen LogP contribution in [0.1, 0.15) is 22.9 Å². The number of halogens is 2. The number of alkyl halides is 2. The number of aryl methyl sites for hydroxylation is 1. The quantitative estimate of drug-likeness (QED) is 0.913. The van der Waals surface area contributed by atoms with Crippen LogP contribution in [0, 0.1) is 6.92 Å². The average Bonchev–Trinajstić information content (AvgIpc) is 2.41. The largest absolute Gasteiger partial charge is 0.435 e. The summed E-state index contributed by atoms with van der Waals surface area (Å²) in [5.74, 6) is 0.116. The summed E-state index contributed by atoms with van der Waals surface area (Å²) in [6, 6.07) is 9.97. The van der Waals surface area contributed by atoms with E-state index in [1.54, 1.807) is 18.3 Å². The van der Waals surface area contributed by atoms with E-state index in [0.29, 0.717) is 6.42 Å². The molecular formula is C15H16F2N2O. The van der Waals surface area contributed by atoms with Crippen molar-refractivity contribution in [1.82, 2.24) is 4.98 Å². The molecule has 0 amide bonds. The number of ether oxygens (including phenoxy) is 1. The molecule has 20 heavy (non-hydrogen) atoms. The Morgan fingerprint density at radius 2 is 2.05 bits per heavy atom. The van der Waals surface area contributed by atoms with Crippen molar-refractivity contribution in [2.75, 3.05) is 0 Å². The lowest BCUT2D eigenvalue weighted by Gasteiger charge is -2.14. The van der Waals surface area contributed by atoms with Crippen molar-refractivity contribution >= 4 is 0 Å². The van der Waals surface area contributed by atoms with Gasteiger partial charge < -0.3 is 10.5 Å². The molecule has 106 valence electrons.